The number of methoxy groups -OCH3 is 3. The molecule has 0 heterocycles. The average molecular weight is 1740 g/mol. The predicted molar refractivity (Wildman–Crippen MR) is 544 cm³/mol. The Balaban J connectivity index is 0.915. The molecule has 0 radical (unpaired) electrons. The van der Waals surface area contributed by atoms with Crippen LogP contribution < -0.4 is 14.2 Å². The predicted octanol–water partition coefficient (Wildman–Crippen LogP) is 30.7. The summed E-state index contributed by atoms with van der Waals surface area (Å²) in [6, 6.07) is 58.5. The molecule has 0 saturated carbocycles. The van der Waals surface area contributed by atoms with Crippen LogP contribution in [0.1, 0.15) is 230 Å². The van der Waals surface area contributed by atoms with Crippen LogP contribution in [-0.2, 0) is 61.9 Å². The molecule has 16 aromatic rings. The van der Waals surface area contributed by atoms with E-state index in [1.807, 2.05) is 0 Å². The Labute approximate surface area is 767 Å². The van der Waals surface area contributed by atoms with Crippen molar-refractivity contribution in [2.45, 2.75) is 233 Å². The molecule has 0 atom stereocenters. The SMILES string of the molecule is CCCCCCCCCCCCc1cc2c3cc(-c4ccc(OCCOCCOCCOC)cc4)cc4c5cc(CCCCCCCCCCCC)cc6c7cc(-c8ccc(OCCOCCOCCOC)cc8)cc8c9cc(CCCCCCCCCCCC)cc%10c%11cc(-c%12ccc(OCCOCCOCCOC)cc%12)cc%12c(c1)c2c1c(c34)c(c56)c(c78)c(c%109)c1c%12%11. The first-order chi connectivity index (χ1) is 63.9. The molecule has 0 amide bonds. The number of unbranched alkanes of at least 4 members (excludes halogenated alkanes) is 27. The van der Waals surface area contributed by atoms with Gasteiger partial charge in [0.1, 0.15) is 37.1 Å². The molecule has 0 unspecified atom stereocenters. The molecule has 0 saturated heterocycles. The van der Waals surface area contributed by atoms with Gasteiger partial charge >= 0.3 is 0 Å². The highest BCUT2D eigenvalue weighted by atomic mass is 16.6. The van der Waals surface area contributed by atoms with Crippen LogP contribution >= 0.6 is 0 Å². The highest BCUT2D eigenvalue weighted by Crippen LogP contribution is 2.62. The molecule has 0 N–H and O–H groups in total. The van der Waals surface area contributed by atoms with Gasteiger partial charge in [0.05, 0.1) is 99.1 Å². The lowest BCUT2D eigenvalue weighted by atomic mass is 9.72. The summed E-state index contributed by atoms with van der Waals surface area (Å²) in [5.74, 6) is 2.48. The van der Waals surface area contributed by atoms with Crippen molar-refractivity contribution in [2.75, 3.05) is 140 Å². The molecular formula is C117H144O12. The Morgan fingerprint density at radius 1 is 0.163 bits per heavy atom. The maximum absolute atomic E-state index is 6.45. The minimum absolute atomic E-state index is 0.442. The van der Waals surface area contributed by atoms with Gasteiger partial charge in [0.15, 0.2) is 0 Å². The third-order valence-electron chi connectivity index (χ3n) is 27.7. The van der Waals surface area contributed by atoms with Crippen LogP contribution in [-0.4, -0.2) is 140 Å². The van der Waals surface area contributed by atoms with Crippen LogP contribution in [0.5, 0.6) is 17.2 Å². The van der Waals surface area contributed by atoms with Gasteiger partial charge in [-0.05, 0) is 291 Å². The average Bonchev–Trinajstić information content (AvgIpc) is 0.640. The van der Waals surface area contributed by atoms with Gasteiger partial charge in [0.2, 0.25) is 0 Å². The topological polar surface area (TPSA) is 111 Å². The lowest BCUT2D eigenvalue weighted by Gasteiger charge is -2.30. The van der Waals surface area contributed by atoms with Crippen LogP contribution in [0.4, 0.5) is 0 Å². The zero-order valence-electron chi connectivity index (χ0n) is 78.8. The van der Waals surface area contributed by atoms with Gasteiger partial charge in [-0.1, -0.05) is 267 Å². The monoisotopic (exact) mass is 1740 g/mol. The second-order valence-corrected chi connectivity index (χ2v) is 36.9. The summed E-state index contributed by atoms with van der Waals surface area (Å²) in [7, 11) is 5.08. The number of hydrogen-bond acceptors (Lipinski definition) is 12. The summed E-state index contributed by atoms with van der Waals surface area (Å²) < 4.78 is 69.9. The molecule has 0 fully saturated rings. The standard InChI is InChI=1S/C117H144O12/c1-7-10-13-16-19-22-25-28-31-34-37-82-70-94-100-76-88(85-40-46-91(47-41-85)127-67-64-124-61-58-121-55-52-118-4)78-102-96-72-83(38-35-32-29-26-23-20-17-14-11-8-2)74-98-104-80-90(87-44-50-93(51-45-87)129-69-66-126-63-60-123-57-54-120-6)81-105-99-75-84(39-36-33-30-27-24-21-18-15-12-9-3)73-97-103-79-89(86-42-48-92(49-43-86)128-68-65-125-62-59-122-56-53-119-5)77-101-95(71-82)106(94)112-115(109(100)102)113(107(96)98)117(111(104)105)114(108(97)99)116(112)110(101)103/h40-51,70-81H,7-39,52-69H2,1-6H3. The second-order valence-electron chi connectivity index (χ2n) is 36.9. The van der Waals surface area contributed by atoms with E-state index in [0.29, 0.717) is 119 Å². The number of ether oxygens (including phenoxy) is 12. The third-order valence-corrected chi connectivity index (χ3v) is 27.7. The van der Waals surface area contributed by atoms with Gasteiger partial charge in [-0.3, -0.25) is 0 Å². The summed E-state index contributed by atoms with van der Waals surface area (Å²) >= 11 is 0. The van der Waals surface area contributed by atoms with Crippen LogP contribution in [0.25, 0.3) is 163 Å². The first-order valence-electron chi connectivity index (χ1n) is 50.4. The van der Waals surface area contributed by atoms with Crippen molar-refractivity contribution in [2.24, 2.45) is 0 Å². The smallest absolute Gasteiger partial charge is 0.119 e. The van der Waals surface area contributed by atoms with Crippen molar-refractivity contribution in [1.82, 2.24) is 0 Å². The summed E-state index contributed by atoms with van der Waals surface area (Å²) in [5, 5.41) is 33.0. The van der Waals surface area contributed by atoms with Gasteiger partial charge in [-0.2, -0.15) is 0 Å². The number of hydrogen-bond donors (Lipinski definition) is 0. The van der Waals surface area contributed by atoms with E-state index in [1.54, 1.807) is 21.3 Å². The maximum Gasteiger partial charge on any atom is 0.119 e. The van der Waals surface area contributed by atoms with E-state index < -0.39 is 0 Å². The second kappa shape index (κ2) is 48.1. The van der Waals surface area contributed by atoms with Crippen LogP contribution in [0.3, 0.4) is 0 Å². The lowest BCUT2D eigenvalue weighted by molar-refractivity contribution is 0.0180. The van der Waals surface area contributed by atoms with E-state index in [4.69, 9.17) is 56.8 Å². The zero-order valence-corrected chi connectivity index (χ0v) is 78.8. The molecule has 129 heavy (non-hydrogen) atoms. The fraction of sp³-hybridized carbons (Fsp3) is 0.487. The Hall–Kier alpha value is -8.76. The van der Waals surface area contributed by atoms with E-state index in [9.17, 15) is 0 Å². The number of rotatable bonds is 66. The van der Waals surface area contributed by atoms with Crippen LogP contribution in [0, 0.1) is 0 Å². The third kappa shape index (κ3) is 22.4. The van der Waals surface area contributed by atoms with Crippen molar-refractivity contribution >= 4 is 129 Å². The minimum atomic E-state index is 0.442. The molecular weight excluding hydrogens is 1600 g/mol. The summed E-state index contributed by atoms with van der Waals surface area (Å²) in [5.41, 5.74) is 11.4. The molecule has 684 valence electrons. The fourth-order valence-corrected chi connectivity index (χ4v) is 21.1. The van der Waals surface area contributed by atoms with Gasteiger partial charge < -0.3 is 56.8 Å². The van der Waals surface area contributed by atoms with Crippen LogP contribution in [0.15, 0.2) is 146 Å². The van der Waals surface area contributed by atoms with Crippen molar-refractivity contribution < 1.29 is 56.8 Å². The van der Waals surface area contributed by atoms with E-state index in [0.717, 1.165) is 55.8 Å². The van der Waals surface area contributed by atoms with Gasteiger partial charge in [0, 0.05) is 21.3 Å². The molecule has 12 heteroatoms. The summed E-state index contributed by atoms with van der Waals surface area (Å²) in [6.07, 6.45) is 42.1. The fourth-order valence-electron chi connectivity index (χ4n) is 21.1. The van der Waals surface area contributed by atoms with Gasteiger partial charge in [0.25, 0.3) is 0 Å². The molecule has 16 aromatic carbocycles. The normalized spacial score (nSPS) is 12.4. The number of fused-ring (bicyclic) bond motifs is 6. The van der Waals surface area contributed by atoms with E-state index >= 15 is 0 Å². The van der Waals surface area contributed by atoms with Gasteiger partial charge in [-0.15, -0.1) is 0 Å². The molecule has 0 aliphatic heterocycles. The van der Waals surface area contributed by atoms with E-state index in [1.165, 1.54) is 353 Å². The van der Waals surface area contributed by atoms with Crippen molar-refractivity contribution in [3.63, 3.8) is 0 Å². The number of aryl methyl sites for hydroxylation is 3. The molecule has 0 aliphatic rings. The Morgan fingerprint density at radius 3 is 0.527 bits per heavy atom. The Morgan fingerprint density at radius 2 is 0.333 bits per heavy atom. The Kier molecular flexibility index (Phi) is 34.8. The minimum Gasteiger partial charge on any atom is -0.491 e. The van der Waals surface area contributed by atoms with Crippen LogP contribution in [0.2, 0.25) is 0 Å². The molecule has 0 aromatic heterocycles. The first-order valence-corrected chi connectivity index (χ1v) is 50.4. The quantitative estimate of drug-likeness (QED) is 0.0206. The Bertz CT molecular complexity index is 5250. The molecule has 0 spiro atoms. The number of benzene rings is 16. The molecule has 16 rings (SSSR count). The highest BCUT2D eigenvalue weighted by Gasteiger charge is 2.34. The first kappa shape index (κ1) is 93.5. The largest absolute Gasteiger partial charge is 0.491 e. The zero-order chi connectivity index (χ0) is 88.3. The van der Waals surface area contributed by atoms with Gasteiger partial charge in [-0.25, -0.2) is 0 Å². The molecule has 0 aliphatic carbocycles. The highest BCUT2D eigenvalue weighted by molar-refractivity contribution is 6.61. The van der Waals surface area contributed by atoms with E-state index in [2.05, 4.69) is 166 Å². The summed E-state index contributed by atoms with van der Waals surface area (Å²) in [4.78, 5) is 0. The lowest BCUT2D eigenvalue weighted by Crippen LogP contribution is -2.12. The van der Waals surface area contributed by atoms with Crippen molar-refractivity contribution in [3.05, 3.63) is 162 Å². The maximum atomic E-state index is 6.45. The summed E-state index contributed by atoms with van der Waals surface area (Å²) in [6.45, 7) is 16.1. The van der Waals surface area contributed by atoms with Crippen molar-refractivity contribution in [1.29, 1.82) is 0 Å². The molecule has 0 bridgehead atoms. The van der Waals surface area contributed by atoms with Crippen molar-refractivity contribution in [3.8, 4) is 50.6 Å². The van der Waals surface area contributed by atoms with E-state index in [-0.39, 0.29) is 0 Å². The molecule has 12 nitrogen and oxygen atoms in total.